The van der Waals surface area contributed by atoms with Crippen molar-refractivity contribution in [3.05, 3.63) is 108 Å². The highest BCUT2D eigenvalue weighted by Crippen LogP contribution is 2.26. The molecule has 0 saturated carbocycles. The predicted octanol–water partition coefficient (Wildman–Crippen LogP) is 4.12. The molecule has 3 aromatic rings. The minimum absolute atomic E-state index is 0.231. The van der Waals surface area contributed by atoms with Crippen molar-refractivity contribution in [2.45, 2.75) is 19.9 Å². The van der Waals surface area contributed by atoms with Crippen molar-refractivity contribution in [3.63, 3.8) is 0 Å². The van der Waals surface area contributed by atoms with E-state index in [9.17, 15) is 9.59 Å². The number of ether oxygens (including phenoxy) is 1. The number of fused-ring (bicyclic) bond motifs is 1. The van der Waals surface area contributed by atoms with E-state index in [1.165, 1.54) is 11.3 Å². The second-order valence-corrected chi connectivity index (χ2v) is 8.55. The van der Waals surface area contributed by atoms with Crippen molar-refractivity contribution in [2.24, 2.45) is 4.99 Å². The van der Waals surface area contributed by atoms with Crippen LogP contribution < -0.4 is 14.9 Å². The van der Waals surface area contributed by atoms with Crippen LogP contribution in [0.15, 0.2) is 81.7 Å². The first-order valence-corrected chi connectivity index (χ1v) is 11.4. The Morgan fingerprint density at radius 3 is 2.62 bits per heavy atom. The fourth-order valence-electron chi connectivity index (χ4n) is 3.52. The van der Waals surface area contributed by atoms with Crippen molar-refractivity contribution in [1.29, 1.82) is 0 Å². The molecule has 7 heteroatoms. The zero-order valence-electron chi connectivity index (χ0n) is 17.6. The van der Waals surface area contributed by atoms with Crippen LogP contribution in [0.3, 0.4) is 0 Å². The molecule has 1 aliphatic rings. The van der Waals surface area contributed by atoms with Crippen LogP contribution in [0, 0.1) is 0 Å². The van der Waals surface area contributed by atoms with E-state index in [-0.39, 0.29) is 12.2 Å². The summed E-state index contributed by atoms with van der Waals surface area (Å²) in [4.78, 5) is 31.3. The van der Waals surface area contributed by atoms with Gasteiger partial charge in [-0.3, -0.25) is 9.36 Å². The van der Waals surface area contributed by atoms with Gasteiger partial charge in [0.15, 0.2) is 4.80 Å². The van der Waals surface area contributed by atoms with Crippen molar-refractivity contribution in [3.8, 4) is 0 Å². The molecule has 1 aromatic heterocycles. The van der Waals surface area contributed by atoms with Crippen LogP contribution in [0.2, 0.25) is 5.02 Å². The van der Waals surface area contributed by atoms with Gasteiger partial charge in [-0.1, -0.05) is 83.6 Å². The van der Waals surface area contributed by atoms with Crippen molar-refractivity contribution in [2.75, 3.05) is 6.61 Å². The van der Waals surface area contributed by atoms with E-state index in [1.54, 1.807) is 30.6 Å². The number of rotatable bonds is 5. The van der Waals surface area contributed by atoms with Gasteiger partial charge < -0.3 is 4.74 Å². The summed E-state index contributed by atoms with van der Waals surface area (Å²) in [5.74, 6) is -0.475. The van der Waals surface area contributed by atoms with E-state index in [4.69, 9.17) is 16.3 Å². The zero-order chi connectivity index (χ0) is 22.7. The lowest BCUT2D eigenvalue weighted by Gasteiger charge is -2.21. The molecule has 1 atom stereocenters. The number of nitrogens with zero attached hydrogens (tertiary/aromatic N) is 2. The second kappa shape index (κ2) is 9.51. The average molecular weight is 465 g/mol. The normalized spacial score (nSPS) is 16.2. The highest BCUT2D eigenvalue weighted by molar-refractivity contribution is 7.07. The molecule has 1 aliphatic heterocycles. The Morgan fingerprint density at radius 2 is 1.91 bits per heavy atom. The Labute approximate surface area is 194 Å². The van der Waals surface area contributed by atoms with Crippen molar-refractivity contribution >= 4 is 41.1 Å². The first kappa shape index (κ1) is 22.0. The monoisotopic (exact) mass is 464 g/mol. The second-order valence-electron chi connectivity index (χ2n) is 7.14. The smallest absolute Gasteiger partial charge is 0.338 e. The molecule has 0 unspecified atom stereocenters. The molecule has 0 fully saturated rings. The molecule has 5 nitrogen and oxygen atoms in total. The summed E-state index contributed by atoms with van der Waals surface area (Å²) in [6.45, 7) is 3.75. The Hall–Kier alpha value is -3.22. The van der Waals surface area contributed by atoms with E-state index >= 15 is 0 Å². The van der Waals surface area contributed by atoms with Gasteiger partial charge in [-0.25, -0.2) is 9.79 Å². The summed E-state index contributed by atoms with van der Waals surface area (Å²) in [5, 5.41) is 0.558. The highest BCUT2D eigenvalue weighted by Gasteiger charge is 2.30. The van der Waals surface area contributed by atoms with Gasteiger partial charge in [-0.15, -0.1) is 0 Å². The Morgan fingerprint density at radius 1 is 1.19 bits per heavy atom. The molecule has 162 valence electrons. The van der Waals surface area contributed by atoms with E-state index in [0.717, 1.165) is 11.1 Å². The van der Waals surface area contributed by atoms with Gasteiger partial charge in [-0.2, -0.15) is 0 Å². The van der Waals surface area contributed by atoms with Gasteiger partial charge in [0.05, 0.1) is 28.5 Å². The van der Waals surface area contributed by atoms with Gasteiger partial charge in [-0.05, 0) is 37.1 Å². The number of allylic oxidation sites excluding steroid dienone is 2. The van der Waals surface area contributed by atoms with Gasteiger partial charge in [0.1, 0.15) is 0 Å². The lowest BCUT2D eigenvalue weighted by atomic mass is 10.0. The molecule has 2 heterocycles. The third-order valence-corrected chi connectivity index (χ3v) is 6.35. The fourth-order valence-corrected chi connectivity index (χ4v) is 4.75. The first-order chi connectivity index (χ1) is 15.5. The number of halogens is 1. The molecule has 0 amide bonds. The van der Waals surface area contributed by atoms with Gasteiger partial charge in [0, 0.05) is 5.02 Å². The van der Waals surface area contributed by atoms with E-state index < -0.39 is 12.0 Å². The topological polar surface area (TPSA) is 60.7 Å². The minimum atomic E-state index is -0.626. The SMILES string of the molecule is CCOC(=O)C1=C(C)N=c2sc(=Cc3ccccc3Cl)c(=O)n2[C@@H]1/C=C\c1ccccc1. The number of hydrogen-bond donors (Lipinski definition) is 0. The number of benzene rings is 2. The minimum Gasteiger partial charge on any atom is -0.463 e. The zero-order valence-corrected chi connectivity index (χ0v) is 19.2. The molecular weight excluding hydrogens is 444 g/mol. The van der Waals surface area contributed by atoms with Crippen molar-refractivity contribution < 1.29 is 9.53 Å². The Kier molecular flexibility index (Phi) is 6.53. The van der Waals surface area contributed by atoms with E-state index in [1.807, 2.05) is 60.7 Å². The quantitative estimate of drug-likeness (QED) is 0.534. The summed E-state index contributed by atoms with van der Waals surface area (Å²) < 4.78 is 7.32. The molecule has 0 spiro atoms. The molecule has 0 N–H and O–H groups in total. The summed E-state index contributed by atoms with van der Waals surface area (Å²) >= 11 is 7.55. The average Bonchev–Trinajstić information content (AvgIpc) is 3.09. The van der Waals surface area contributed by atoms with Gasteiger partial charge in [0.2, 0.25) is 0 Å². The third-order valence-electron chi connectivity index (χ3n) is 5.02. The summed E-state index contributed by atoms with van der Waals surface area (Å²) in [7, 11) is 0. The summed E-state index contributed by atoms with van der Waals surface area (Å²) in [5.41, 5.74) is 2.37. The number of hydrogen-bond acceptors (Lipinski definition) is 5. The van der Waals surface area contributed by atoms with Crippen LogP contribution in [0.4, 0.5) is 0 Å². The van der Waals surface area contributed by atoms with Crippen LogP contribution in [0.5, 0.6) is 0 Å². The first-order valence-electron chi connectivity index (χ1n) is 10.2. The highest BCUT2D eigenvalue weighted by atomic mass is 35.5. The number of aromatic nitrogens is 1. The lowest BCUT2D eigenvalue weighted by Crippen LogP contribution is -2.38. The lowest BCUT2D eigenvalue weighted by molar-refractivity contribution is -0.139. The molecule has 0 saturated heterocycles. The van der Waals surface area contributed by atoms with Gasteiger partial charge >= 0.3 is 5.97 Å². The standard InChI is InChI=1S/C25H21ClN2O3S/c1-3-31-24(30)22-16(2)27-25-28(20(22)14-13-17-9-5-4-6-10-17)23(29)21(32-25)15-18-11-7-8-12-19(18)26/h4-15,20H,3H2,1-2H3/b14-13-,21-15?/t20-/m1/s1. The van der Waals surface area contributed by atoms with Gasteiger partial charge in [0.25, 0.3) is 5.56 Å². The Bertz CT molecular complexity index is 1400. The number of esters is 1. The van der Waals surface area contributed by atoms with Crippen LogP contribution >= 0.6 is 22.9 Å². The van der Waals surface area contributed by atoms with Crippen LogP contribution in [-0.2, 0) is 9.53 Å². The predicted molar refractivity (Wildman–Crippen MR) is 128 cm³/mol. The number of carbonyl (C=O) groups excluding carboxylic acids is 1. The molecular formula is C25H21ClN2O3S. The van der Waals surface area contributed by atoms with Crippen LogP contribution in [0.25, 0.3) is 12.2 Å². The molecule has 0 bridgehead atoms. The third kappa shape index (κ3) is 4.38. The molecule has 4 rings (SSSR count). The number of thiazole rings is 1. The maximum absolute atomic E-state index is 13.4. The summed E-state index contributed by atoms with van der Waals surface area (Å²) in [6.07, 6.45) is 5.50. The molecule has 2 aromatic carbocycles. The molecule has 0 radical (unpaired) electrons. The molecule has 0 aliphatic carbocycles. The Balaban J connectivity index is 1.89. The molecule has 32 heavy (non-hydrogen) atoms. The van der Waals surface area contributed by atoms with Crippen LogP contribution in [-0.4, -0.2) is 17.1 Å². The van der Waals surface area contributed by atoms with E-state index in [0.29, 0.717) is 25.6 Å². The maximum Gasteiger partial charge on any atom is 0.338 e. The summed E-state index contributed by atoms with van der Waals surface area (Å²) in [6, 6.07) is 16.4. The number of carbonyl (C=O) groups is 1. The van der Waals surface area contributed by atoms with E-state index in [2.05, 4.69) is 4.99 Å². The maximum atomic E-state index is 13.4. The largest absolute Gasteiger partial charge is 0.463 e. The van der Waals surface area contributed by atoms with Crippen molar-refractivity contribution in [1.82, 2.24) is 4.57 Å². The fraction of sp³-hybridized carbons (Fsp3) is 0.160. The van der Waals surface area contributed by atoms with Crippen LogP contribution in [0.1, 0.15) is 31.0 Å².